The van der Waals surface area contributed by atoms with Crippen molar-refractivity contribution in [1.29, 1.82) is 0 Å². The van der Waals surface area contributed by atoms with Gasteiger partial charge in [-0.05, 0) is 79.0 Å². The minimum atomic E-state index is -5.43. The lowest BCUT2D eigenvalue weighted by atomic mass is 9.77. The molecule has 0 bridgehead atoms. The summed E-state index contributed by atoms with van der Waals surface area (Å²) in [6, 6.07) is 7.61. The summed E-state index contributed by atoms with van der Waals surface area (Å²) in [4.78, 5) is 0. The van der Waals surface area contributed by atoms with Crippen LogP contribution in [0, 0.1) is 29.2 Å². The quantitative estimate of drug-likeness (QED) is 0.202. The van der Waals surface area contributed by atoms with Crippen LogP contribution in [0.4, 0.5) is 39.5 Å². The molecule has 1 aliphatic carbocycles. The summed E-state index contributed by atoms with van der Waals surface area (Å²) >= 11 is 0. The van der Waals surface area contributed by atoms with Gasteiger partial charge in [0.15, 0.2) is 23.3 Å². The summed E-state index contributed by atoms with van der Waals surface area (Å²) in [5.74, 6) is -10.5. The molecule has 1 aliphatic rings. The van der Waals surface area contributed by atoms with E-state index in [1.807, 2.05) is 0 Å². The highest BCUT2D eigenvalue weighted by molar-refractivity contribution is 5.84. The molecule has 0 aromatic heterocycles. The highest BCUT2D eigenvalue weighted by atomic mass is 19.4. The number of hydrogen-bond donors (Lipinski definition) is 0. The Hall–Kier alpha value is -3.43. The molecule has 1 nitrogen and oxygen atoms in total. The molecular formula is C30H25F9O. The van der Waals surface area contributed by atoms with Gasteiger partial charge in [0.1, 0.15) is 11.6 Å². The van der Waals surface area contributed by atoms with E-state index in [-0.39, 0.29) is 29.2 Å². The molecule has 0 heterocycles. The van der Waals surface area contributed by atoms with Gasteiger partial charge in [-0.2, -0.15) is 0 Å². The van der Waals surface area contributed by atoms with Crippen molar-refractivity contribution in [3.05, 3.63) is 88.5 Å². The first kappa shape index (κ1) is 29.6. The van der Waals surface area contributed by atoms with Crippen molar-refractivity contribution in [3.8, 4) is 16.9 Å². The smallest absolute Gasteiger partial charge is 0.399 e. The van der Waals surface area contributed by atoms with Gasteiger partial charge in [0.2, 0.25) is 5.75 Å². The SMILES string of the molecule is CCCC1CCC(c2ccc(-c3ccc(C(F)=C(F)c4cc(F)c(OC(F)(F)F)c(F)c4)c(F)c3)c(F)c2)CC1. The molecule has 0 aliphatic heterocycles. The largest absolute Gasteiger partial charge is 0.573 e. The fourth-order valence-corrected chi connectivity index (χ4v) is 5.22. The predicted molar refractivity (Wildman–Crippen MR) is 133 cm³/mol. The zero-order chi connectivity index (χ0) is 29.2. The topological polar surface area (TPSA) is 9.23 Å². The van der Waals surface area contributed by atoms with Crippen LogP contribution in [-0.4, -0.2) is 6.36 Å². The molecule has 40 heavy (non-hydrogen) atoms. The van der Waals surface area contributed by atoms with Gasteiger partial charge >= 0.3 is 6.36 Å². The van der Waals surface area contributed by atoms with Gasteiger partial charge in [0.25, 0.3) is 0 Å². The zero-order valence-electron chi connectivity index (χ0n) is 21.3. The van der Waals surface area contributed by atoms with E-state index in [9.17, 15) is 35.1 Å². The fourth-order valence-electron chi connectivity index (χ4n) is 5.22. The van der Waals surface area contributed by atoms with Gasteiger partial charge in [0, 0.05) is 16.7 Å². The second-order valence-corrected chi connectivity index (χ2v) is 9.89. The Labute approximate surface area is 225 Å². The minimum absolute atomic E-state index is 0.0446. The zero-order valence-corrected chi connectivity index (χ0v) is 21.3. The first-order valence-electron chi connectivity index (χ1n) is 12.8. The second kappa shape index (κ2) is 12.0. The molecule has 214 valence electrons. The van der Waals surface area contributed by atoms with E-state index in [1.165, 1.54) is 18.6 Å². The molecule has 0 unspecified atom stereocenters. The summed E-state index contributed by atoms with van der Waals surface area (Å²) in [5.41, 5.74) is -1.11. The van der Waals surface area contributed by atoms with Gasteiger partial charge in [-0.1, -0.05) is 38.0 Å². The molecular weight excluding hydrogens is 547 g/mol. The molecule has 0 N–H and O–H groups in total. The van der Waals surface area contributed by atoms with Crippen molar-refractivity contribution in [2.75, 3.05) is 0 Å². The molecule has 1 saturated carbocycles. The first-order chi connectivity index (χ1) is 18.9. The summed E-state index contributed by atoms with van der Waals surface area (Å²) in [6.45, 7) is 2.15. The molecule has 0 amide bonds. The Morgan fingerprint density at radius 3 is 1.98 bits per heavy atom. The van der Waals surface area contributed by atoms with Crippen molar-refractivity contribution in [2.24, 2.45) is 5.92 Å². The summed E-state index contributed by atoms with van der Waals surface area (Å²) in [5, 5.41) is 0. The van der Waals surface area contributed by atoms with E-state index in [0.29, 0.717) is 5.92 Å². The van der Waals surface area contributed by atoms with Crippen LogP contribution in [0.1, 0.15) is 68.1 Å². The van der Waals surface area contributed by atoms with E-state index >= 15 is 4.39 Å². The number of halogens is 9. The summed E-state index contributed by atoms with van der Waals surface area (Å²) in [7, 11) is 0. The Bertz CT molecular complexity index is 1380. The Morgan fingerprint density at radius 2 is 1.43 bits per heavy atom. The maximum atomic E-state index is 15.0. The van der Waals surface area contributed by atoms with Crippen molar-refractivity contribution >= 4 is 11.7 Å². The third kappa shape index (κ3) is 6.64. The standard InChI is InChI=1S/C30H25F9O/c1-2-3-16-4-6-17(7-5-16)18-8-10-21(23(31)12-18)19-9-11-22(24(32)13-19)28(36)27(35)20-14-25(33)29(26(34)15-20)40-30(37,38)39/h8-17H,2-7H2,1H3. The van der Waals surface area contributed by atoms with Crippen molar-refractivity contribution < 1.29 is 44.3 Å². The van der Waals surface area contributed by atoms with Crippen molar-refractivity contribution in [2.45, 2.75) is 57.7 Å². The molecule has 0 saturated heterocycles. The van der Waals surface area contributed by atoms with E-state index < -0.39 is 58.2 Å². The van der Waals surface area contributed by atoms with Gasteiger partial charge in [-0.15, -0.1) is 13.2 Å². The molecule has 4 rings (SSSR count). The Balaban J connectivity index is 1.56. The van der Waals surface area contributed by atoms with Crippen LogP contribution in [-0.2, 0) is 0 Å². The van der Waals surface area contributed by atoms with E-state index in [4.69, 9.17) is 0 Å². The number of alkyl halides is 3. The van der Waals surface area contributed by atoms with E-state index in [0.717, 1.165) is 55.9 Å². The lowest BCUT2D eigenvalue weighted by molar-refractivity contribution is -0.276. The van der Waals surface area contributed by atoms with Crippen LogP contribution in [0.2, 0.25) is 0 Å². The highest BCUT2D eigenvalue weighted by Crippen LogP contribution is 2.40. The molecule has 0 radical (unpaired) electrons. The minimum Gasteiger partial charge on any atom is -0.399 e. The Morgan fingerprint density at radius 1 is 0.775 bits per heavy atom. The molecule has 1 fully saturated rings. The maximum Gasteiger partial charge on any atom is 0.573 e. The lowest BCUT2D eigenvalue weighted by Crippen LogP contribution is -2.19. The first-order valence-corrected chi connectivity index (χ1v) is 12.8. The predicted octanol–water partition coefficient (Wildman–Crippen LogP) is 10.6. The summed E-state index contributed by atoms with van der Waals surface area (Å²) < 4.78 is 127. The molecule has 0 spiro atoms. The average Bonchev–Trinajstić information content (AvgIpc) is 2.90. The maximum absolute atomic E-state index is 15.0. The molecule has 10 heteroatoms. The van der Waals surface area contributed by atoms with Crippen LogP contribution in [0.5, 0.6) is 5.75 Å². The van der Waals surface area contributed by atoms with Crippen LogP contribution in [0.25, 0.3) is 22.8 Å². The van der Waals surface area contributed by atoms with Crippen molar-refractivity contribution in [3.63, 3.8) is 0 Å². The number of benzene rings is 3. The van der Waals surface area contributed by atoms with Crippen LogP contribution in [0.15, 0.2) is 48.5 Å². The van der Waals surface area contributed by atoms with E-state index in [2.05, 4.69) is 11.7 Å². The van der Waals surface area contributed by atoms with E-state index in [1.54, 1.807) is 6.07 Å². The highest BCUT2D eigenvalue weighted by Gasteiger charge is 2.34. The molecule has 3 aromatic rings. The van der Waals surface area contributed by atoms with Crippen LogP contribution in [0.3, 0.4) is 0 Å². The molecule has 3 aromatic carbocycles. The number of ether oxygens (including phenoxy) is 1. The third-order valence-electron chi connectivity index (χ3n) is 7.19. The number of rotatable bonds is 7. The van der Waals surface area contributed by atoms with Gasteiger partial charge < -0.3 is 4.74 Å². The van der Waals surface area contributed by atoms with Crippen molar-refractivity contribution in [1.82, 2.24) is 0 Å². The third-order valence-corrected chi connectivity index (χ3v) is 7.19. The second-order valence-electron chi connectivity index (χ2n) is 9.89. The van der Waals surface area contributed by atoms with Gasteiger partial charge in [0.05, 0.1) is 0 Å². The molecule has 0 atom stereocenters. The van der Waals surface area contributed by atoms with Crippen LogP contribution < -0.4 is 4.74 Å². The lowest BCUT2D eigenvalue weighted by Gasteiger charge is -2.28. The monoisotopic (exact) mass is 572 g/mol. The fraction of sp³-hybridized carbons (Fsp3) is 0.333. The number of hydrogen-bond acceptors (Lipinski definition) is 1. The Kier molecular flexibility index (Phi) is 8.85. The summed E-state index contributed by atoms with van der Waals surface area (Å²) in [6.07, 6.45) is 0.945. The van der Waals surface area contributed by atoms with Crippen LogP contribution >= 0.6 is 0 Å². The normalized spacial score (nSPS) is 18.4. The average molecular weight is 573 g/mol. The van der Waals surface area contributed by atoms with Gasteiger partial charge in [-0.25, -0.2) is 26.3 Å². The van der Waals surface area contributed by atoms with Gasteiger partial charge in [-0.3, -0.25) is 0 Å².